The molecule has 0 amide bonds. The summed E-state index contributed by atoms with van der Waals surface area (Å²) in [6.45, 7) is 5.50. The summed E-state index contributed by atoms with van der Waals surface area (Å²) in [6.07, 6.45) is 10.3. The maximum atomic E-state index is 9.44. The molecule has 2 bridgehead atoms. The van der Waals surface area contributed by atoms with Crippen molar-refractivity contribution in [2.45, 2.75) is 76.8 Å². The van der Waals surface area contributed by atoms with Crippen LogP contribution in [-0.2, 0) is 17.9 Å². The molecule has 3 heterocycles. The van der Waals surface area contributed by atoms with Crippen LogP contribution in [0, 0.1) is 11.8 Å². The molecule has 0 radical (unpaired) electrons. The van der Waals surface area contributed by atoms with Gasteiger partial charge >= 0.3 is 0 Å². The van der Waals surface area contributed by atoms with Crippen LogP contribution in [0.25, 0.3) is 10.9 Å². The van der Waals surface area contributed by atoms with Crippen molar-refractivity contribution in [1.82, 2.24) is 14.7 Å². The lowest BCUT2D eigenvalue weighted by Gasteiger charge is -2.40. The second-order valence-corrected chi connectivity index (χ2v) is 9.44. The van der Waals surface area contributed by atoms with Gasteiger partial charge in [0.2, 0.25) is 0 Å². The summed E-state index contributed by atoms with van der Waals surface area (Å²) >= 11 is 0. The standard InChI is InChI=1S/C23H33N3O2/c1-16(13-26-23-8-18(14-27)4-5-19(23)11-24-26)12-25-20-6-7-21(25)10-22(9-20)28-15-17-2-3-17/h4-5,8,11,16-17,20-22,27H,2-3,6-7,9-10,12-15H2,1H3/t16-,20+,21+/m1/s1. The van der Waals surface area contributed by atoms with Gasteiger partial charge in [-0.15, -0.1) is 0 Å². The number of hydrogen-bond donors (Lipinski definition) is 1. The number of ether oxygens (including phenoxy) is 1. The maximum Gasteiger partial charge on any atom is 0.0686 e. The largest absolute Gasteiger partial charge is 0.392 e. The van der Waals surface area contributed by atoms with Crippen LogP contribution in [0.2, 0.25) is 0 Å². The van der Waals surface area contributed by atoms with E-state index in [1.807, 2.05) is 12.3 Å². The monoisotopic (exact) mass is 383 g/mol. The number of piperidine rings is 1. The molecule has 152 valence electrons. The first-order valence-corrected chi connectivity index (χ1v) is 11.1. The van der Waals surface area contributed by atoms with Gasteiger partial charge in [0, 0.05) is 37.2 Å². The zero-order valence-electron chi connectivity index (χ0n) is 17.0. The Hall–Kier alpha value is -1.43. The van der Waals surface area contributed by atoms with E-state index in [1.54, 1.807) is 0 Å². The number of aromatic nitrogens is 2. The Morgan fingerprint density at radius 1 is 1.14 bits per heavy atom. The van der Waals surface area contributed by atoms with Crippen LogP contribution in [0.1, 0.15) is 51.0 Å². The number of rotatable bonds is 8. The third-order valence-corrected chi connectivity index (χ3v) is 7.00. The zero-order valence-corrected chi connectivity index (χ0v) is 17.0. The SMILES string of the molecule is C[C@H](CN1[C@H]2CC[C@H]1CC(OCC1CC1)C2)Cn1ncc2ccc(CO)cc21. The molecule has 0 unspecified atom stereocenters. The van der Waals surface area contributed by atoms with Gasteiger partial charge in [-0.25, -0.2) is 0 Å². The van der Waals surface area contributed by atoms with Gasteiger partial charge < -0.3 is 9.84 Å². The lowest BCUT2D eigenvalue weighted by Crippen LogP contribution is -2.47. The molecule has 0 spiro atoms. The number of aliphatic hydroxyl groups excluding tert-OH is 1. The van der Waals surface area contributed by atoms with Crippen LogP contribution >= 0.6 is 0 Å². The van der Waals surface area contributed by atoms with Gasteiger partial charge in [-0.3, -0.25) is 9.58 Å². The highest BCUT2D eigenvalue weighted by molar-refractivity contribution is 5.79. The van der Waals surface area contributed by atoms with Crippen molar-refractivity contribution in [1.29, 1.82) is 0 Å². The lowest BCUT2D eigenvalue weighted by molar-refractivity contribution is -0.0276. The van der Waals surface area contributed by atoms with Crippen molar-refractivity contribution in [3.63, 3.8) is 0 Å². The highest BCUT2D eigenvalue weighted by Gasteiger charge is 2.41. The Morgan fingerprint density at radius 2 is 1.93 bits per heavy atom. The van der Waals surface area contributed by atoms with Crippen LogP contribution < -0.4 is 0 Å². The molecule has 5 heteroatoms. The molecule has 1 aliphatic carbocycles. The number of aliphatic hydroxyl groups is 1. The van der Waals surface area contributed by atoms with Gasteiger partial charge in [0.15, 0.2) is 0 Å². The van der Waals surface area contributed by atoms with Gasteiger partial charge in [-0.05, 0) is 62.0 Å². The topological polar surface area (TPSA) is 50.5 Å². The van der Waals surface area contributed by atoms with E-state index in [-0.39, 0.29) is 6.61 Å². The second-order valence-electron chi connectivity index (χ2n) is 9.44. The van der Waals surface area contributed by atoms with Crippen molar-refractivity contribution < 1.29 is 9.84 Å². The number of nitrogens with zero attached hydrogens (tertiary/aromatic N) is 3. The van der Waals surface area contributed by atoms with E-state index in [9.17, 15) is 5.11 Å². The first-order valence-electron chi connectivity index (χ1n) is 11.1. The smallest absolute Gasteiger partial charge is 0.0686 e. The predicted molar refractivity (Wildman–Crippen MR) is 110 cm³/mol. The van der Waals surface area contributed by atoms with Crippen molar-refractivity contribution in [2.75, 3.05) is 13.2 Å². The minimum absolute atomic E-state index is 0.0811. The quantitative estimate of drug-likeness (QED) is 0.757. The summed E-state index contributed by atoms with van der Waals surface area (Å²) in [6, 6.07) is 7.52. The molecule has 2 saturated heterocycles. The molecule has 1 saturated carbocycles. The van der Waals surface area contributed by atoms with Crippen LogP contribution in [0.15, 0.2) is 24.4 Å². The molecular formula is C23H33N3O2. The molecular weight excluding hydrogens is 350 g/mol. The first kappa shape index (κ1) is 18.6. The normalized spacial score (nSPS) is 28.9. The Kier molecular flexibility index (Phi) is 5.16. The maximum absolute atomic E-state index is 9.44. The Morgan fingerprint density at radius 3 is 2.64 bits per heavy atom. The average Bonchev–Trinajstić information content (AvgIpc) is 3.42. The average molecular weight is 384 g/mol. The summed E-state index contributed by atoms with van der Waals surface area (Å²) in [5.41, 5.74) is 2.08. The van der Waals surface area contributed by atoms with Crippen molar-refractivity contribution in [3.8, 4) is 0 Å². The molecule has 1 N–H and O–H groups in total. The predicted octanol–water partition coefficient (Wildman–Crippen LogP) is 3.59. The van der Waals surface area contributed by atoms with Gasteiger partial charge in [0.05, 0.1) is 24.4 Å². The fourth-order valence-electron chi connectivity index (χ4n) is 5.29. The molecule has 3 fully saturated rings. The molecule has 2 aromatic rings. The summed E-state index contributed by atoms with van der Waals surface area (Å²) in [5, 5.41) is 15.2. The van der Waals surface area contributed by atoms with E-state index < -0.39 is 0 Å². The van der Waals surface area contributed by atoms with Crippen molar-refractivity contribution in [2.24, 2.45) is 11.8 Å². The minimum atomic E-state index is 0.0811. The minimum Gasteiger partial charge on any atom is -0.392 e. The molecule has 1 aromatic heterocycles. The van der Waals surface area contributed by atoms with E-state index in [4.69, 9.17) is 4.74 Å². The second kappa shape index (κ2) is 7.77. The first-order chi connectivity index (χ1) is 13.7. The van der Waals surface area contributed by atoms with Crippen molar-refractivity contribution >= 4 is 10.9 Å². The van der Waals surface area contributed by atoms with E-state index in [0.29, 0.717) is 24.1 Å². The fourth-order valence-corrected chi connectivity index (χ4v) is 5.29. The fraction of sp³-hybridized carbons (Fsp3) is 0.696. The Bertz CT molecular complexity index is 801. The highest BCUT2D eigenvalue weighted by Crippen LogP contribution is 2.38. The van der Waals surface area contributed by atoms with E-state index in [0.717, 1.165) is 42.1 Å². The molecule has 1 aromatic carbocycles. The number of benzene rings is 1. The highest BCUT2D eigenvalue weighted by atomic mass is 16.5. The van der Waals surface area contributed by atoms with Crippen LogP contribution in [0.5, 0.6) is 0 Å². The zero-order chi connectivity index (χ0) is 19.1. The summed E-state index contributed by atoms with van der Waals surface area (Å²) < 4.78 is 8.35. The van der Waals surface area contributed by atoms with Gasteiger partial charge in [-0.2, -0.15) is 5.10 Å². The molecule has 5 rings (SSSR count). The number of fused-ring (bicyclic) bond motifs is 3. The van der Waals surface area contributed by atoms with E-state index in [2.05, 4.69) is 33.7 Å². The summed E-state index contributed by atoms with van der Waals surface area (Å²) in [7, 11) is 0. The number of hydrogen-bond acceptors (Lipinski definition) is 4. The van der Waals surface area contributed by atoms with Gasteiger partial charge in [0.25, 0.3) is 0 Å². The van der Waals surface area contributed by atoms with Crippen molar-refractivity contribution in [3.05, 3.63) is 30.0 Å². The molecule has 5 nitrogen and oxygen atoms in total. The lowest BCUT2D eigenvalue weighted by atomic mass is 9.98. The third kappa shape index (κ3) is 3.85. The van der Waals surface area contributed by atoms with Gasteiger partial charge in [0.1, 0.15) is 0 Å². The summed E-state index contributed by atoms with van der Waals surface area (Å²) in [4.78, 5) is 2.77. The van der Waals surface area contributed by atoms with E-state index >= 15 is 0 Å². The summed E-state index contributed by atoms with van der Waals surface area (Å²) in [5.74, 6) is 1.42. The van der Waals surface area contributed by atoms with Gasteiger partial charge in [-0.1, -0.05) is 19.1 Å². The Balaban J connectivity index is 1.20. The van der Waals surface area contributed by atoms with Crippen LogP contribution in [-0.4, -0.2) is 51.1 Å². The van der Waals surface area contributed by atoms with Crippen LogP contribution in [0.3, 0.4) is 0 Å². The molecule has 28 heavy (non-hydrogen) atoms. The van der Waals surface area contributed by atoms with E-state index in [1.165, 1.54) is 38.5 Å². The molecule has 3 atom stereocenters. The Labute approximate surface area is 167 Å². The third-order valence-electron chi connectivity index (χ3n) is 7.00. The van der Waals surface area contributed by atoms with Crippen LogP contribution in [0.4, 0.5) is 0 Å². The molecule has 3 aliphatic rings. The molecule has 2 aliphatic heterocycles.